The van der Waals surface area contributed by atoms with E-state index in [1.165, 1.54) is 0 Å². The summed E-state index contributed by atoms with van der Waals surface area (Å²) < 4.78 is 0. The van der Waals surface area contributed by atoms with Gasteiger partial charge in [0.1, 0.15) is 0 Å². The molecule has 0 heterocycles. The number of hydrogen-bond donors (Lipinski definition) is 1. The van der Waals surface area contributed by atoms with Gasteiger partial charge in [0.15, 0.2) is 0 Å². The molecule has 1 N–H and O–H groups in total. The van der Waals surface area contributed by atoms with Crippen molar-refractivity contribution in [3.63, 3.8) is 0 Å². The maximum absolute atomic E-state index is 9.35. The van der Waals surface area contributed by atoms with Gasteiger partial charge in [0.25, 0.3) is 0 Å². The summed E-state index contributed by atoms with van der Waals surface area (Å²) in [5.74, 6) is 1.30. The van der Waals surface area contributed by atoms with Crippen molar-refractivity contribution >= 4 is 0 Å². The van der Waals surface area contributed by atoms with Gasteiger partial charge in [-0.3, -0.25) is 4.90 Å². The van der Waals surface area contributed by atoms with Gasteiger partial charge in [0, 0.05) is 18.6 Å². The Hall–Kier alpha value is -0.0800. The smallest absolute Gasteiger partial charge is 0.0610 e. The predicted octanol–water partition coefficient (Wildman–Crippen LogP) is 2.37. The van der Waals surface area contributed by atoms with E-state index in [-0.39, 0.29) is 12.1 Å². The zero-order chi connectivity index (χ0) is 11.4. The molecule has 2 heteroatoms. The van der Waals surface area contributed by atoms with Crippen molar-refractivity contribution in [2.75, 3.05) is 19.7 Å². The highest BCUT2D eigenvalue weighted by Gasteiger charge is 2.26. The summed E-state index contributed by atoms with van der Waals surface area (Å²) >= 11 is 0. The first-order valence-electron chi connectivity index (χ1n) is 5.65. The molecular weight excluding hydrogens is 174 g/mol. The standard InChI is InChI=1S/C12H27NO/c1-10(2)7-13(8-11(3)4)12(5,6)9-14/h10-11,14H,7-9H2,1-6H3. The molecule has 0 aromatic rings. The van der Waals surface area contributed by atoms with Gasteiger partial charge in [-0.05, 0) is 25.7 Å². The van der Waals surface area contributed by atoms with Crippen molar-refractivity contribution in [1.82, 2.24) is 4.90 Å². The van der Waals surface area contributed by atoms with E-state index in [2.05, 4.69) is 46.4 Å². The van der Waals surface area contributed by atoms with Gasteiger partial charge in [0.05, 0.1) is 6.61 Å². The molecule has 0 aromatic heterocycles. The number of rotatable bonds is 6. The molecule has 86 valence electrons. The van der Waals surface area contributed by atoms with Crippen molar-refractivity contribution in [3.05, 3.63) is 0 Å². The second kappa shape index (κ2) is 5.72. The normalized spacial score (nSPS) is 13.3. The van der Waals surface area contributed by atoms with Gasteiger partial charge in [-0.15, -0.1) is 0 Å². The quantitative estimate of drug-likeness (QED) is 0.713. The lowest BCUT2D eigenvalue weighted by Gasteiger charge is -2.39. The molecule has 0 aliphatic rings. The Labute approximate surface area is 89.3 Å². The minimum absolute atomic E-state index is 0.0888. The fourth-order valence-corrected chi connectivity index (χ4v) is 1.55. The monoisotopic (exact) mass is 201 g/mol. The van der Waals surface area contributed by atoms with Crippen LogP contribution in [0.3, 0.4) is 0 Å². The van der Waals surface area contributed by atoms with Crippen molar-refractivity contribution < 1.29 is 5.11 Å². The molecule has 14 heavy (non-hydrogen) atoms. The Morgan fingerprint density at radius 3 is 1.57 bits per heavy atom. The topological polar surface area (TPSA) is 23.5 Å². The number of aliphatic hydroxyl groups excluding tert-OH is 1. The molecule has 0 amide bonds. The van der Waals surface area contributed by atoms with Crippen LogP contribution in [0.1, 0.15) is 41.5 Å². The van der Waals surface area contributed by atoms with Crippen LogP contribution < -0.4 is 0 Å². The van der Waals surface area contributed by atoms with Crippen molar-refractivity contribution in [2.45, 2.75) is 47.1 Å². The molecule has 0 saturated heterocycles. The second-order valence-corrected chi connectivity index (χ2v) is 5.66. The molecule has 0 radical (unpaired) electrons. The van der Waals surface area contributed by atoms with Crippen LogP contribution >= 0.6 is 0 Å². The van der Waals surface area contributed by atoms with E-state index < -0.39 is 0 Å². The molecule has 0 aliphatic heterocycles. The first-order valence-corrected chi connectivity index (χ1v) is 5.65. The van der Waals surface area contributed by atoms with Crippen LogP contribution in [0, 0.1) is 11.8 Å². The SMILES string of the molecule is CC(C)CN(CC(C)C)C(C)(C)CO. The Morgan fingerprint density at radius 2 is 1.36 bits per heavy atom. The summed E-state index contributed by atoms with van der Waals surface area (Å²) in [5, 5.41) is 9.35. The Morgan fingerprint density at radius 1 is 1.00 bits per heavy atom. The van der Waals surface area contributed by atoms with Crippen LogP contribution in [0.4, 0.5) is 0 Å². The lowest BCUT2D eigenvalue weighted by molar-refractivity contribution is 0.0390. The maximum atomic E-state index is 9.35. The third-order valence-electron chi connectivity index (χ3n) is 2.41. The molecule has 0 spiro atoms. The summed E-state index contributed by atoms with van der Waals surface area (Å²) in [6, 6.07) is 0. The van der Waals surface area contributed by atoms with E-state index in [1.54, 1.807) is 0 Å². The lowest BCUT2D eigenvalue weighted by Crippen LogP contribution is -2.49. The van der Waals surface area contributed by atoms with Gasteiger partial charge < -0.3 is 5.11 Å². The highest BCUT2D eigenvalue weighted by molar-refractivity contribution is 4.81. The molecule has 2 nitrogen and oxygen atoms in total. The van der Waals surface area contributed by atoms with E-state index in [0.717, 1.165) is 13.1 Å². The van der Waals surface area contributed by atoms with Crippen LogP contribution in [0.25, 0.3) is 0 Å². The number of nitrogens with zero attached hydrogens (tertiary/aromatic N) is 1. The molecule has 0 fully saturated rings. The van der Waals surface area contributed by atoms with Crippen LogP contribution in [0.15, 0.2) is 0 Å². The Kier molecular flexibility index (Phi) is 5.68. The van der Waals surface area contributed by atoms with Gasteiger partial charge in [-0.2, -0.15) is 0 Å². The van der Waals surface area contributed by atoms with E-state index in [1.807, 2.05) is 0 Å². The summed E-state index contributed by atoms with van der Waals surface area (Å²) in [4.78, 5) is 2.39. The van der Waals surface area contributed by atoms with Crippen molar-refractivity contribution in [1.29, 1.82) is 0 Å². The Balaban J connectivity index is 4.38. The van der Waals surface area contributed by atoms with E-state index >= 15 is 0 Å². The van der Waals surface area contributed by atoms with E-state index in [4.69, 9.17) is 0 Å². The summed E-state index contributed by atoms with van der Waals surface area (Å²) in [5.41, 5.74) is -0.0888. The highest BCUT2D eigenvalue weighted by atomic mass is 16.3. The Bertz CT molecular complexity index is 142. The molecule has 0 atom stereocenters. The average Bonchev–Trinajstić information content (AvgIpc) is 2.01. The van der Waals surface area contributed by atoms with Gasteiger partial charge >= 0.3 is 0 Å². The summed E-state index contributed by atoms with van der Waals surface area (Å²) in [6.07, 6.45) is 0. The molecule has 0 bridgehead atoms. The zero-order valence-corrected chi connectivity index (χ0v) is 10.7. The maximum Gasteiger partial charge on any atom is 0.0610 e. The first-order chi connectivity index (χ1) is 6.29. The second-order valence-electron chi connectivity index (χ2n) is 5.66. The summed E-state index contributed by atoms with van der Waals surface area (Å²) in [6.45, 7) is 15.5. The minimum Gasteiger partial charge on any atom is -0.394 e. The van der Waals surface area contributed by atoms with Gasteiger partial charge in [-0.25, -0.2) is 0 Å². The molecule has 0 unspecified atom stereocenters. The minimum atomic E-state index is -0.0888. The van der Waals surface area contributed by atoms with Crippen LogP contribution in [0.5, 0.6) is 0 Å². The molecule has 0 aromatic carbocycles. The summed E-state index contributed by atoms with van der Waals surface area (Å²) in [7, 11) is 0. The van der Waals surface area contributed by atoms with E-state index in [0.29, 0.717) is 11.8 Å². The number of aliphatic hydroxyl groups is 1. The first kappa shape index (κ1) is 13.9. The molecule has 0 rings (SSSR count). The third kappa shape index (κ3) is 4.97. The molecular formula is C12H27NO. The van der Waals surface area contributed by atoms with Crippen LogP contribution in [-0.4, -0.2) is 35.2 Å². The van der Waals surface area contributed by atoms with Gasteiger partial charge in [-0.1, -0.05) is 27.7 Å². The fraction of sp³-hybridized carbons (Fsp3) is 1.00. The number of hydrogen-bond acceptors (Lipinski definition) is 2. The molecule has 0 saturated carbocycles. The lowest BCUT2D eigenvalue weighted by atomic mass is 10.00. The largest absolute Gasteiger partial charge is 0.394 e. The fourth-order valence-electron chi connectivity index (χ4n) is 1.55. The third-order valence-corrected chi connectivity index (χ3v) is 2.41. The average molecular weight is 201 g/mol. The van der Waals surface area contributed by atoms with Crippen molar-refractivity contribution in [3.8, 4) is 0 Å². The predicted molar refractivity (Wildman–Crippen MR) is 62.4 cm³/mol. The van der Waals surface area contributed by atoms with Gasteiger partial charge in [0.2, 0.25) is 0 Å². The van der Waals surface area contributed by atoms with E-state index in [9.17, 15) is 5.11 Å². The van der Waals surface area contributed by atoms with Crippen molar-refractivity contribution in [2.24, 2.45) is 11.8 Å². The zero-order valence-electron chi connectivity index (χ0n) is 10.7. The van der Waals surface area contributed by atoms with Crippen LogP contribution in [0.2, 0.25) is 0 Å². The molecule has 0 aliphatic carbocycles. The highest BCUT2D eigenvalue weighted by Crippen LogP contribution is 2.17. The van der Waals surface area contributed by atoms with Crippen LogP contribution in [-0.2, 0) is 0 Å².